The molecule has 22 heavy (non-hydrogen) atoms. The highest BCUT2D eigenvalue weighted by Crippen LogP contribution is 2.21. The van der Waals surface area contributed by atoms with Crippen LogP contribution in [0.25, 0.3) is 0 Å². The van der Waals surface area contributed by atoms with Gasteiger partial charge in [0.1, 0.15) is 0 Å². The summed E-state index contributed by atoms with van der Waals surface area (Å²) in [4.78, 5) is 10.9. The molecule has 3 unspecified atom stereocenters. The van der Waals surface area contributed by atoms with Gasteiger partial charge >= 0.3 is 0 Å². The van der Waals surface area contributed by atoms with Crippen molar-refractivity contribution in [2.75, 3.05) is 26.2 Å². The van der Waals surface area contributed by atoms with E-state index in [-0.39, 0.29) is 0 Å². The minimum Gasteiger partial charge on any atom is -0.386 e. The first-order chi connectivity index (χ1) is 10.6. The van der Waals surface area contributed by atoms with Crippen molar-refractivity contribution in [3.8, 4) is 0 Å². The summed E-state index contributed by atoms with van der Waals surface area (Å²) in [5.74, 6) is 2.27. The number of aromatic nitrogens is 1. The molecule has 0 saturated carbocycles. The number of aliphatic hydroxyl groups excluding tert-OH is 1. The topological polar surface area (TPSA) is 60.8 Å². The number of likely N-dealkylation sites (tertiary alicyclic amines) is 1. The molecular weight excluding hydrogens is 276 g/mol. The van der Waals surface area contributed by atoms with Crippen LogP contribution >= 0.6 is 0 Å². The molecule has 122 valence electrons. The summed E-state index contributed by atoms with van der Waals surface area (Å²) in [6.45, 7) is 9.92. The van der Waals surface area contributed by atoms with Crippen LogP contribution in [0.2, 0.25) is 0 Å². The lowest BCUT2D eigenvalue weighted by Gasteiger charge is -2.37. The monoisotopic (exact) mass is 304 g/mol. The number of aliphatic imine (C=N–C) groups is 1. The van der Waals surface area contributed by atoms with Gasteiger partial charge in [0.05, 0.1) is 12.6 Å². The van der Waals surface area contributed by atoms with Crippen LogP contribution in [0, 0.1) is 11.8 Å². The fourth-order valence-electron chi connectivity index (χ4n) is 3.13. The van der Waals surface area contributed by atoms with Crippen molar-refractivity contribution in [3.05, 3.63) is 30.1 Å². The highest BCUT2D eigenvalue weighted by atomic mass is 16.3. The maximum atomic E-state index is 10.3. The maximum absolute atomic E-state index is 10.3. The van der Waals surface area contributed by atoms with Gasteiger partial charge in [0, 0.05) is 32.0 Å². The van der Waals surface area contributed by atoms with Gasteiger partial charge in [-0.3, -0.25) is 9.98 Å². The van der Waals surface area contributed by atoms with Gasteiger partial charge < -0.3 is 15.3 Å². The molecule has 0 bridgehead atoms. The second-order valence-electron chi connectivity index (χ2n) is 6.34. The van der Waals surface area contributed by atoms with Crippen molar-refractivity contribution >= 4 is 5.96 Å². The Morgan fingerprint density at radius 3 is 2.59 bits per heavy atom. The Balaban J connectivity index is 2.03. The quantitative estimate of drug-likeness (QED) is 0.660. The molecule has 0 aromatic carbocycles. The normalized spacial score (nSPS) is 24.2. The van der Waals surface area contributed by atoms with Crippen LogP contribution in [-0.4, -0.2) is 47.1 Å². The third-order valence-electron chi connectivity index (χ3n) is 4.01. The Labute approximate surface area is 133 Å². The first-order valence-electron chi connectivity index (χ1n) is 8.21. The summed E-state index contributed by atoms with van der Waals surface area (Å²) in [6.07, 6.45) is 4.08. The van der Waals surface area contributed by atoms with Crippen LogP contribution in [0.5, 0.6) is 0 Å². The van der Waals surface area contributed by atoms with E-state index in [1.807, 2.05) is 12.1 Å². The van der Waals surface area contributed by atoms with Crippen molar-refractivity contribution in [1.29, 1.82) is 0 Å². The van der Waals surface area contributed by atoms with E-state index >= 15 is 0 Å². The average molecular weight is 304 g/mol. The molecule has 1 saturated heterocycles. The molecule has 0 aliphatic carbocycles. The van der Waals surface area contributed by atoms with Gasteiger partial charge in [-0.1, -0.05) is 13.8 Å². The van der Waals surface area contributed by atoms with Crippen LogP contribution in [0.15, 0.2) is 29.5 Å². The number of rotatable bonds is 4. The number of hydrogen-bond donors (Lipinski definition) is 2. The largest absolute Gasteiger partial charge is 0.386 e. The van der Waals surface area contributed by atoms with Gasteiger partial charge in [0.25, 0.3) is 0 Å². The number of pyridine rings is 1. The number of hydrogen-bond acceptors (Lipinski definition) is 3. The van der Waals surface area contributed by atoms with Crippen LogP contribution in [0.3, 0.4) is 0 Å². The van der Waals surface area contributed by atoms with Crippen LogP contribution in [0.1, 0.15) is 38.9 Å². The fourth-order valence-corrected chi connectivity index (χ4v) is 3.13. The number of nitrogens with zero attached hydrogens (tertiary/aromatic N) is 3. The van der Waals surface area contributed by atoms with Crippen LogP contribution in [0.4, 0.5) is 0 Å². The zero-order chi connectivity index (χ0) is 15.9. The fraction of sp³-hybridized carbons (Fsp3) is 0.647. The number of aliphatic hydroxyl groups is 1. The van der Waals surface area contributed by atoms with Crippen molar-refractivity contribution in [3.63, 3.8) is 0 Å². The van der Waals surface area contributed by atoms with E-state index in [0.29, 0.717) is 18.4 Å². The SMILES string of the molecule is CCNC(=NCC(O)c1ccncc1)N1CC(C)CC(C)C1. The van der Waals surface area contributed by atoms with Gasteiger partial charge in [-0.05, 0) is 42.9 Å². The average Bonchev–Trinajstić information content (AvgIpc) is 2.51. The molecule has 2 N–H and O–H groups in total. The smallest absolute Gasteiger partial charge is 0.194 e. The number of nitrogens with one attached hydrogen (secondary N) is 1. The molecular formula is C17H28N4O. The van der Waals surface area contributed by atoms with E-state index in [1.54, 1.807) is 12.4 Å². The van der Waals surface area contributed by atoms with Gasteiger partial charge in [0.2, 0.25) is 0 Å². The molecule has 5 nitrogen and oxygen atoms in total. The third kappa shape index (κ3) is 4.70. The third-order valence-corrected chi connectivity index (χ3v) is 4.01. The Hall–Kier alpha value is -1.62. The summed E-state index contributed by atoms with van der Waals surface area (Å²) in [5.41, 5.74) is 0.856. The van der Waals surface area contributed by atoms with E-state index in [4.69, 9.17) is 0 Å². The molecule has 0 radical (unpaired) electrons. The Morgan fingerprint density at radius 1 is 1.36 bits per heavy atom. The Kier molecular flexibility index (Phi) is 6.19. The molecule has 0 amide bonds. The zero-order valence-corrected chi connectivity index (χ0v) is 13.9. The minimum atomic E-state index is -0.587. The first kappa shape index (κ1) is 16.7. The maximum Gasteiger partial charge on any atom is 0.194 e. The second-order valence-corrected chi connectivity index (χ2v) is 6.34. The van der Waals surface area contributed by atoms with E-state index in [1.165, 1.54) is 6.42 Å². The summed E-state index contributed by atoms with van der Waals surface area (Å²) in [6, 6.07) is 3.66. The molecule has 3 atom stereocenters. The molecule has 1 aromatic rings. The highest BCUT2D eigenvalue weighted by Gasteiger charge is 2.24. The van der Waals surface area contributed by atoms with Gasteiger partial charge in [-0.2, -0.15) is 0 Å². The standard InChI is InChI=1S/C17H28N4O/c1-4-19-17(21-11-13(2)9-14(3)12-21)20-10-16(22)15-5-7-18-8-6-15/h5-8,13-14,16,22H,4,9-12H2,1-3H3,(H,19,20). The summed E-state index contributed by atoms with van der Waals surface area (Å²) in [7, 11) is 0. The first-order valence-corrected chi connectivity index (χ1v) is 8.21. The van der Waals surface area contributed by atoms with E-state index < -0.39 is 6.10 Å². The summed E-state index contributed by atoms with van der Waals surface area (Å²) in [5, 5.41) is 13.6. The second kappa shape index (κ2) is 8.13. The Bertz CT molecular complexity index is 467. The minimum absolute atomic E-state index is 0.367. The van der Waals surface area contributed by atoms with Gasteiger partial charge in [0.15, 0.2) is 5.96 Å². The van der Waals surface area contributed by atoms with Gasteiger partial charge in [-0.25, -0.2) is 0 Å². The molecule has 2 heterocycles. The molecule has 2 rings (SSSR count). The molecule has 5 heteroatoms. The molecule has 1 aromatic heterocycles. The molecule has 0 spiro atoms. The van der Waals surface area contributed by atoms with Crippen molar-refractivity contribution in [1.82, 2.24) is 15.2 Å². The predicted molar refractivity (Wildman–Crippen MR) is 89.7 cm³/mol. The lowest BCUT2D eigenvalue weighted by Crippen LogP contribution is -2.48. The highest BCUT2D eigenvalue weighted by molar-refractivity contribution is 5.80. The predicted octanol–water partition coefficient (Wildman–Crippen LogP) is 2.06. The molecule has 1 fully saturated rings. The zero-order valence-electron chi connectivity index (χ0n) is 13.9. The van der Waals surface area contributed by atoms with E-state index in [9.17, 15) is 5.11 Å². The van der Waals surface area contributed by atoms with Crippen molar-refractivity contribution in [2.45, 2.75) is 33.3 Å². The summed E-state index contributed by atoms with van der Waals surface area (Å²) >= 11 is 0. The van der Waals surface area contributed by atoms with Gasteiger partial charge in [-0.15, -0.1) is 0 Å². The number of piperidine rings is 1. The van der Waals surface area contributed by atoms with E-state index in [2.05, 4.69) is 41.0 Å². The summed E-state index contributed by atoms with van der Waals surface area (Å²) < 4.78 is 0. The number of guanidine groups is 1. The lowest BCUT2D eigenvalue weighted by atomic mass is 9.92. The Morgan fingerprint density at radius 2 is 2.00 bits per heavy atom. The van der Waals surface area contributed by atoms with Crippen molar-refractivity contribution < 1.29 is 5.11 Å². The molecule has 1 aliphatic heterocycles. The lowest BCUT2D eigenvalue weighted by molar-refractivity contribution is 0.183. The molecule has 1 aliphatic rings. The van der Waals surface area contributed by atoms with E-state index in [0.717, 1.165) is 31.2 Å². The van der Waals surface area contributed by atoms with Crippen LogP contribution < -0.4 is 5.32 Å². The van der Waals surface area contributed by atoms with Crippen molar-refractivity contribution in [2.24, 2.45) is 16.8 Å². The van der Waals surface area contributed by atoms with Crippen LogP contribution in [-0.2, 0) is 0 Å².